The van der Waals surface area contributed by atoms with Crippen molar-refractivity contribution in [2.24, 2.45) is 0 Å². The van der Waals surface area contributed by atoms with Gasteiger partial charge in [-0.2, -0.15) is 5.26 Å². The molecule has 0 radical (unpaired) electrons. The van der Waals surface area contributed by atoms with Gasteiger partial charge < -0.3 is 4.74 Å². The molecule has 0 amide bonds. The molecular weight excluding hydrogens is 326 g/mol. The van der Waals surface area contributed by atoms with Gasteiger partial charge in [0.1, 0.15) is 17.6 Å². The molecule has 0 bridgehead atoms. The molecule has 0 saturated heterocycles. The van der Waals surface area contributed by atoms with E-state index in [4.69, 9.17) is 21.6 Å². The summed E-state index contributed by atoms with van der Waals surface area (Å²) in [5.41, 5.74) is 2.53. The predicted octanol–water partition coefficient (Wildman–Crippen LogP) is 5.38. The number of nitriles is 1. The van der Waals surface area contributed by atoms with E-state index in [0.29, 0.717) is 11.3 Å². The Labute approximate surface area is 125 Å². The Balaban J connectivity index is 2.32. The van der Waals surface area contributed by atoms with Gasteiger partial charge in [-0.3, -0.25) is 0 Å². The summed E-state index contributed by atoms with van der Waals surface area (Å²) in [5, 5.41) is 9.62. The molecule has 0 spiro atoms. The summed E-state index contributed by atoms with van der Waals surface area (Å²) >= 11 is 9.46. The van der Waals surface area contributed by atoms with Crippen molar-refractivity contribution in [3.05, 3.63) is 56.5 Å². The van der Waals surface area contributed by atoms with Crippen LogP contribution in [0.2, 0.25) is 5.02 Å². The fourth-order valence-corrected chi connectivity index (χ4v) is 2.31. The van der Waals surface area contributed by atoms with Crippen LogP contribution in [-0.2, 0) is 0 Å². The third kappa shape index (κ3) is 3.09. The largest absolute Gasteiger partial charge is 0.457 e. The van der Waals surface area contributed by atoms with Crippen LogP contribution < -0.4 is 4.74 Å². The number of rotatable bonds is 2. The summed E-state index contributed by atoms with van der Waals surface area (Å²) in [7, 11) is 0. The van der Waals surface area contributed by atoms with E-state index >= 15 is 0 Å². The van der Waals surface area contributed by atoms with E-state index in [1.807, 2.05) is 26.0 Å². The maximum absolute atomic E-state index is 8.87. The Kier molecular flexibility index (Phi) is 4.14. The van der Waals surface area contributed by atoms with E-state index in [-0.39, 0.29) is 0 Å². The average molecular weight is 337 g/mol. The summed E-state index contributed by atoms with van der Waals surface area (Å²) in [6.07, 6.45) is 0. The summed E-state index contributed by atoms with van der Waals surface area (Å²) in [5.74, 6) is 1.41. The first-order valence-electron chi connectivity index (χ1n) is 5.65. The van der Waals surface area contributed by atoms with Gasteiger partial charge in [-0.05, 0) is 71.2 Å². The topological polar surface area (TPSA) is 33.0 Å². The van der Waals surface area contributed by atoms with Gasteiger partial charge in [-0.1, -0.05) is 11.6 Å². The normalized spacial score (nSPS) is 10.1. The molecule has 4 heteroatoms. The Morgan fingerprint density at radius 1 is 1.11 bits per heavy atom. The molecule has 2 nitrogen and oxygen atoms in total. The lowest BCUT2D eigenvalue weighted by molar-refractivity contribution is 0.481. The molecule has 96 valence electrons. The van der Waals surface area contributed by atoms with Crippen molar-refractivity contribution in [3.8, 4) is 17.6 Å². The molecule has 0 heterocycles. The molecule has 0 N–H and O–H groups in total. The van der Waals surface area contributed by atoms with Gasteiger partial charge in [-0.25, -0.2) is 0 Å². The highest BCUT2D eigenvalue weighted by molar-refractivity contribution is 9.10. The van der Waals surface area contributed by atoms with Crippen LogP contribution in [-0.4, -0.2) is 0 Å². The zero-order valence-corrected chi connectivity index (χ0v) is 12.8. The lowest BCUT2D eigenvalue weighted by Gasteiger charge is -2.10. The van der Waals surface area contributed by atoms with Crippen LogP contribution in [0.1, 0.15) is 16.7 Å². The van der Waals surface area contributed by atoms with Crippen LogP contribution in [0.25, 0.3) is 0 Å². The van der Waals surface area contributed by atoms with Gasteiger partial charge in [0.15, 0.2) is 0 Å². The summed E-state index contributed by atoms with van der Waals surface area (Å²) in [6, 6.07) is 11.1. The van der Waals surface area contributed by atoms with Crippen molar-refractivity contribution in [1.29, 1.82) is 5.26 Å². The monoisotopic (exact) mass is 335 g/mol. The van der Waals surface area contributed by atoms with E-state index in [9.17, 15) is 0 Å². The van der Waals surface area contributed by atoms with Crippen molar-refractivity contribution in [2.45, 2.75) is 13.8 Å². The molecule has 0 aliphatic heterocycles. The highest BCUT2D eigenvalue weighted by atomic mass is 79.9. The zero-order valence-electron chi connectivity index (χ0n) is 10.5. The Hall–Kier alpha value is -1.50. The van der Waals surface area contributed by atoms with E-state index in [1.165, 1.54) is 0 Å². The fraction of sp³-hybridized carbons (Fsp3) is 0.133. The number of halogens is 2. The average Bonchev–Trinajstić information content (AvgIpc) is 2.36. The second kappa shape index (κ2) is 5.64. The van der Waals surface area contributed by atoms with Crippen LogP contribution in [0.4, 0.5) is 0 Å². The van der Waals surface area contributed by atoms with Gasteiger partial charge in [-0.15, -0.1) is 0 Å². The number of hydrogen-bond donors (Lipinski definition) is 0. The second-order valence-corrected chi connectivity index (χ2v) is 5.46. The lowest BCUT2D eigenvalue weighted by atomic mass is 10.1. The van der Waals surface area contributed by atoms with E-state index in [1.54, 1.807) is 18.2 Å². The van der Waals surface area contributed by atoms with E-state index < -0.39 is 0 Å². The SMILES string of the molecule is Cc1cc(Oc2ccc(C#N)c(Br)c2)cc(C)c1Cl. The van der Waals surface area contributed by atoms with Gasteiger partial charge in [0, 0.05) is 9.50 Å². The first-order valence-corrected chi connectivity index (χ1v) is 6.82. The number of aryl methyl sites for hydroxylation is 2. The summed E-state index contributed by atoms with van der Waals surface area (Å²) < 4.78 is 6.49. The molecule has 19 heavy (non-hydrogen) atoms. The maximum atomic E-state index is 8.87. The minimum Gasteiger partial charge on any atom is -0.457 e. The Morgan fingerprint density at radius 2 is 1.74 bits per heavy atom. The fourth-order valence-electron chi connectivity index (χ4n) is 1.75. The minimum atomic E-state index is 0.579. The number of benzene rings is 2. The molecule has 0 aromatic heterocycles. The highest BCUT2D eigenvalue weighted by Gasteiger charge is 2.06. The molecular formula is C15H11BrClNO. The number of nitrogens with zero attached hydrogens (tertiary/aromatic N) is 1. The third-order valence-corrected chi connectivity index (χ3v) is 3.96. The highest BCUT2D eigenvalue weighted by Crippen LogP contribution is 2.31. The smallest absolute Gasteiger partial charge is 0.128 e. The maximum Gasteiger partial charge on any atom is 0.128 e. The van der Waals surface area contributed by atoms with E-state index in [0.717, 1.165) is 26.4 Å². The molecule has 0 atom stereocenters. The molecule has 0 fully saturated rings. The number of ether oxygens (including phenoxy) is 1. The quantitative estimate of drug-likeness (QED) is 0.737. The van der Waals surface area contributed by atoms with Crippen LogP contribution >= 0.6 is 27.5 Å². The van der Waals surface area contributed by atoms with Gasteiger partial charge in [0.2, 0.25) is 0 Å². The van der Waals surface area contributed by atoms with Gasteiger partial charge >= 0.3 is 0 Å². The van der Waals surface area contributed by atoms with Crippen molar-refractivity contribution < 1.29 is 4.74 Å². The number of hydrogen-bond acceptors (Lipinski definition) is 2. The Morgan fingerprint density at radius 3 is 2.26 bits per heavy atom. The second-order valence-electron chi connectivity index (χ2n) is 4.23. The molecule has 2 aromatic rings. The summed E-state index contributed by atoms with van der Waals surface area (Å²) in [4.78, 5) is 0. The first kappa shape index (κ1) is 13.9. The van der Waals surface area contributed by atoms with Crippen LogP contribution in [0.3, 0.4) is 0 Å². The van der Waals surface area contributed by atoms with Crippen LogP contribution in [0, 0.1) is 25.2 Å². The van der Waals surface area contributed by atoms with Crippen LogP contribution in [0.5, 0.6) is 11.5 Å². The van der Waals surface area contributed by atoms with Crippen molar-refractivity contribution in [1.82, 2.24) is 0 Å². The molecule has 0 saturated carbocycles. The standard InChI is InChI=1S/C15H11BrClNO/c1-9-5-13(6-10(2)15(9)17)19-12-4-3-11(8-18)14(16)7-12/h3-7H,1-2H3. The van der Waals surface area contributed by atoms with Crippen LogP contribution in [0.15, 0.2) is 34.8 Å². The predicted molar refractivity (Wildman–Crippen MR) is 79.9 cm³/mol. The van der Waals surface area contributed by atoms with E-state index in [2.05, 4.69) is 22.0 Å². The molecule has 2 aromatic carbocycles. The summed E-state index contributed by atoms with van der Waals surface area (Å²) in [6.45, 7) is 3.88. The Bertz CT molecular complexity index is 653. The van der Waals surface area contributed by atoms with Crippen molar-refractivity contribution in [2.75, 3.05) is 0 Å². The van der Waals surface area contributed by atoms with Crippen molar-refractivity contribution in [3.63, 3.8) is 0 Å². The van der Waals surface area contributed by atoms with Crippen molar-refractivity contribution >= 4 is 27.5 Å². The molecule has 0 aliphatic rings. The lowest BCUT2D eigenvalue weighted by Crippen LogP contribution is -1.89. The zero-order chi connectivity index (χ0) is 14.0. The minimum absolute atomic E-state index is 0.579. The molecule has 0 aliphatic carbocycles. The molecule has 0 unspecified atom stereocenters. The van der Waals surface area contributed by atoms with Gasteiger partial charge in [0.25, 0.3) is 0 Å². The van der Waals surface area contributed by atoms with Gasteiger partial charge in [0.05, 0.1) is 5.56 Å². The molecule has 2 rings (SSSR count). The third-order valence-electron chi connectivity index (χ3n) is 2.71. The first-order chi connectivity index (χ1) is 9.01.